The predicted octanol–water partition coefficient (Wildman–Crippen LogP) is 5.82. The number of carbonyl (C=O) groups excluding carboxylic acids is 1. The van der Waals surface area contributed by atoms with Crippen molar-refractivity contribution in [3.8, 4) is 28.5 Å². The van der Waals surface area contributed by atoms with E-state index in [1.165, 1.54) is 24.4 Å². The number of benzene rings is 1. The lowest BCUT2D eigenvalue weighted by atomic mass is 10.00. The van der Waals surface area contributed by atoms with Crippen molar-refractivity contribution in [1.82, 2.24) is 19.3 Å². The first-order valence-corrected chi connectivity index (χ1v) is 13.9. The van der Waals surface area contributed by atoms with E-state index in [2.05, 4.69) is 20.9 Å². The second kappa shape index (κ2) is 11.8. The van der Waals surface area contributed by atoms with Crippen LogP contribution in [0.3, 0.4) is 0 Å². The van der Waals surface area contributed by atoms with Gasteiger partial charge < -0.3 is 14.2 Å². The second-order valence-electron chi connectivity index (χ2n) is 10.6. The Hall–Kier alpha value is -4.05. The molecule has 0 amide bonds. The Morgan fingerprint density at radius 2 is 2.00 bits per heavy atom. The van der Waals surface area contributed by atoms with Gasteiger partial charge in [0.2, 0.25) is 0 Å². The van der Waals surface area contributed by atoms with Gasteiger partial charge in [-0.05, 0) is 55.0 Å². The lowest BCUT2D eigenvalue weighted by Gasteiger charge is -2.27. The monoisotopic (exact) mass is 562 g/mol. The highest BCUT2D eigenvalue weighted by Crippen LogP contribution is 2.40. The number of hydrogen-bond acceptors (Lipinski definition) is 7. The summed E-state index contributed by atoms with van der Waals surface area (Å²) in [4.78, 5) is 24.3. The molecule has 0 atom stereocenters. The molecule has 0 unspecified atom stereocenters. The van der Waals surface area contributed by atoms with Crippen molar-refractivity contribution >= 4 is 11.4 Å². The molecule has 6 rings (SSSR count). The Morgan fingerprint density at radius 1 is 1.15 bits per heavy atom. The fraction of sp³-hybridized carbons (Fsp3) is 0.387. The number of pyridine rings is 2. The molecule has 2 aliphatic rings. The molecule has 1 aromatic carbocycles. The fourth-order valence-corrected chi connectivity index (χ4v) is 5.41. The van der Waals surface area contributed by atoms with E-state index in [4.69, 9.17) is 14.2 Å². The van der Waals surface area contributed by atoms with Crippen LogP contribution in [0, 0.1) is 5.92 Å². The highest BCUT2D eigenvalue weighted by molar-refractivity contribution is 6.02. The van der Waals surface area contributed by atoms with E-state index in [1.807, 2.05) is 35.0 Å². The van der Waals surface area contributed by atoms with Gasteiger partial charge in [-0.1, -0.05) is 6.07 Å². The smallest absolute Gasteiger partial charge is 0.387 e. The summed E-state index contributed by atoms with van der Waals surface area (Å²) in [5.41, 5.74) is 4.37. The van der Waals surface area contributed by atoms with Crippen molar-refractivity contribution < 1.29 is 27.8 Å². The summed E-state index contributed by atoms with van der Waals surface area (Å²) in [6.07, 6.45) is 9.41. The summed E-state index contributed by atoms with van der Waals surface area (Å²) < 4.78 is 44.8. The number of hydrogen-bond donors (Lipinski definition) is 0. The number of Topliss-reactive ketones (excluding diaryl/α,β-unsaturated/α-hetero) is 1. The molecule has 214 valence electrons. The minimum Gasteiger partial charge on any atom is -0.496 e. The summed E-state index contributed by atoms with van der Waals surface area (Å²) in [5, 5.41) is 0. The van der Waals surface area contributed by atoms with Gasteiger partial charge in [0.1, 0.15) is 28.5 Å². The number of ketones is 1. The van der Waals surface area contributed by atoms with Crippen LogP contribution in [0.1, 0.15) is 47.3 Å². The molecule has 1 fully saturated rings. The number of halogens is 2. The van der Waals surface area contributed by atoms with Gasteiger partial charge in [-0.2, -0.15) is 8.78 Å². The number of ether oxygens (including phenoxy) is 3. The van der Waals surface area contributed by atoms with E-state index in [1.54, 1.807) is 12.3 Å². The molecule has 1 saturated carbocycles. The van der Waals surface area contributed by atoms with Crippen molar-refractivity contribution in [3.63, 3.8) is 0 Å². The molecular weight excluding hydrogens is 530 g/mol. The van der Waals surface area contributed by atoms with Crippen molar-refractivity contribution in [2.45, 2.75) is 45.3 Å². The second-order valence-corrected chi connectivity index (χ2v) is 10.6. The predicted molar refractivity (Wildman–Crippen MR) is 149 cm³/mol. The third-order valence-corrected chi connectivity index (χ3v) is 7.66. The average Bonchev–Trinajstić information content (AvgIpc) is 3.69. The summed E-state index contributed by atoms with van der Waals surface area (Å²) >= 11 is 0. The number of nitrogens with zero attached hydrogens (tertiary/aromatic N) is 4. The van der Waals surface area contributed by atoms with E-state index < -0.39 is 6.61 Å². The van der Waals surface area contributed by atoms with E-state index in [9.17, 15) is 13.6 Å². The molecular formula is C31H32F2N4O4. The van der Waals surface area contributed by atoms with Crippen LogP contribution < -0.4 is 14.2 Å². The summed E-state index contributed by atoms with van der Waals surface area (Å²) in [7, 11) is 1.42. The van der Waals surface area contributed by atoms with E-state index >= 15 is 0 Å². The first-order chi connectivity index (χ1) is 20.0. The number of imidazole rings is 1. The van der Waals surface area contributed by atoms with Crippen molar-refractivity contribution in [2.24, 2.45) is 5.92 Å². The van der Waals surface area contributed by atoms with Crippen LogP contribution in [-0.2, 0) is 13.0 Å². The Morgan fingerprint density at radius 3 is 2.80 bits per heavy atom. The van der Waals surface area contributed by atoms with E-state index in [0.717, 1.165) is 45.3 Å². The zero-order valence-corrected chi connectivity index (χ0v) is 22.9. The highest BCUT2D eigenvalue weighted by atomic mass is 19.3. The third kappa shape index (κ3) is 6.17. The van der Waals surface area contributed by atoms with Crippen molar-refractivity contribution in [1.29, 1.82) is 0 Å². The zero-order valence-electron chi connectivity index (χ0n) is 22.9. The molecule has 0 N–H and O–H groups in total. The van der Waals surface area contributed by atoms with E-state index in [0.29, 0.717) is 35.2 Å². The molecule has 3 aromatic heterocycles. The molecule has 41 heavy (non-hydrogen) atoms. The molecule has 4 heterocycles. The maximum Gasteiger partial charge on any atom is 0.387 e. The Kier molecular flexibility index (Phi) is 7.82. The number of carbonyl (C=O) groups is 1. The van der Waals surface area contributed by atoms with Gasteiger partial charge >= 0.3 is 6.61 Å². The lowest BCUT2D eigenvalue weighted by molar-refractivity contribution is -0.0502. The molecule has 4 aromatic rings. The Bertz CT molecular complexity index is 1550. The quantitative estimate of drug-likeness (QED) is 0.159. The van der Waals surface area contributed by atoms with Crippen LogP contribution in [0.4, 0.5) is 8.78 Å². The topological polar surface area (TPSA) is 78.2 Å². The van der Waals surface area contributed by atoms with Gasteiger partial charge in [0.15, 0.2) is 5.78 Å². The standard InChI is InChI=1S/C31H32F2N4O4/c1-39-27-15-22(16-28(41-31(32)33)30(27)26(38)14-20-5-6-20)25-18-35-29-17-23(7-12-37(25)29)40-13-3-10-36-11-8-24-21(19-36)4-2-9-34-24/h2,4,7,9,12,15-18,20,31H,3,5-6,8,10-11,13-14,19H2,1H3. The molecule has 1 aliphatic carbocycles. The van der Waals surface area contributed by atoms with Gasteiger partial charge in [-0.25, -0.2) is 4.98 Å². The summed E-state index contributed by atoms with van der Waals surface area (Å²) in [6.45, 7) is 0.344. The molecule has 0 radical (unpaired) electrons. The van der Waals surface area contributed by atoms with E-state index in [-0.39, 0.29) is 29.3 Å². The molecule has 8 nitrogen and oxygen atoms in total. The first kappa shape index (κ1) is 27.1. The van der Waals surface area contributed by atoms with Crippen molar-refractivity contribution in [2.75, 3.05) is 26.8 Å². The number of rotatable bonds is 12. The van der Waals surface area contributed by atoms with Crippen LogP contribution >= 0.6 is 0 Å². The highest BCUT2D eigenvalue weighted by Gasteiger charge is 2.30. The van der Waals surface area contributed by atoms with Crippen LogP contribution in [0.25, 0.3) is 16.9 Å². The normalized spacial score (nSPS) is 15.2. The maximum atomic E-state index is 13.3. The Balaban J connectivity index is 1.15. The minimum atomic E-state index is -3.08. The number of fused-ring (bicyclic) bond motifs is 2. The minimum absolute atomic E-state index is 0.0541. The number of alkyl halides is 2. The molecule has 0 saturated heterocycles. The van der Waals surface area contributed by atoms with Gasteiger partial charge in [-0.15, -0.1) is 0 Å². The van der Waals surface area contributed by atoms with Crippen LogP contribution in [0.2, 0.25) is 0 Å². The molecule has 1 aliphatic heterocycles. The number of aromatic nitrogens is 3. The van der Waals surface area contributed by atoms with Gasteiger partial charge in [-0.3, -0.25) is 19.1 Å². The van der Waals surface area contributed by atoms with Crippen molar-refractivity contribution in [3.05, 3.63) is 71.8 Å². The zero-order chi connectivity index (χ0) is 28.3. The molecule has 0 bridgehead atoms. The largest absolute Gasteiger partial charge is 0.496 e. The summed E-state index contributed by atoms with van der Waals surface area (Å²) in [5.74, 6) is 0.744. The van der Waals surface area contributed by atoms with Gasteiger partial charge in [0.05, 0.1) is 25.6 Å². The molecule has 10 heteroatoms. The fourth-order valence-electron chi connectivity index (χ4n) is 5.41. The number of methoxy groups -OCH3 is 1. The van der Waals surface area contributed by atoms with Crippen LogP contribution in [-0.4, -0.2) is 58.5 Å². The summed E-state index contributed by atoms with van der Waals surface area (Å²) in [6, 6.07) is 10.9. The van der Waals surface area contributed by atoms with Gasteiger partial charge in [0, 0.05) is 62.2 Å². The third-order valence-electron chi connectivity index (χ3n) is 7.66. The first-order valence-electron chi connectivity index (χ1n) is 13.9. The molecule has 0 spiro atoms. The lowest BCUT2D eigenvalue weighted by Crippen LogP contribution is -2.32. The SMILES string of the molecule is COc1cc(-c2cnc3cc(OCCCN4CCc5ncccc5C4)ccn23)cc(OC(F)F)c1C(=O)CC1CC1. The Labute approximate surface area is 236 Å². The van der Waals surface area contributed by atoms with Crippen LogP contribution in [0.5, 0.6) is 17.2 Å². The maximum absolute atomic E-state index is 13.3. The average molecular weight is 563 g/mol. The van der Waals surface area contributed by atoms with Crippen LogP contribution in [0.15, 0.2) is 55.0 Å². The van der Waals surface area contributed by atoms with Gasteiger partial charge in [0.25, 0.3) is 0 Å².